The Morgan fingerprint density at radius 2 is 2.11 bits per heavy atom. The van der Waals surface area contributed by atoms with Gasteiger partial charge in [-0.25, -0.2) is 0 Å². The van der Waals surface area contributed by atoms with Gasteiger partial charge in [-0.3, -0.25) is 19.3 Å². The molecule has 1 aromatic carbocycles. The van der Waals surface area contributed by atoms with Gasteiger partial charge < -0.3 is 16.0 Å². The number of benzene rings is 1. The minimum Gasteiger partial charge on any atom is -0.353 e. The van der Waals surface area contributed by atoms with Crippen LogP contribution in [0.15, 0.2) is 24.3 Å². The third-order valence-electron chi connectivity index (χ3n) is 5.25. The average molecular weight is 372 g/mol. The molecule has 3 amide bonds. The van der Waals surface area contributed by atoms with Crippen LogP contribution in [0, 0.1) is 0 Å². The van der Waals surface area contributed by atoms with E-state index >= 15 is 0 Å². The highest BCUT2D eigenvalue weighted by Gasteiger charge is 2.41. The van der Waals surface area contributed by atoms with E-state index in [0.717, 1.165) is 19.3 Å². The van der Waals surface area contributed by atoms with Crippen molar-refractivity contribution in [2.45, 2.75) is 51.1 Å². The van der Waals surface area contributed by atoms with Crippen LogP contribution in [0.2, 0.25) is 0 Å². The van der Waals surface area contributed by atoms with Gasteiger partial charge in [-0.2, -0.15) is 0 Å². The van der Waals surface area contributed by atoms with Gasteiger partial charge in [0.05, 0.1) is 12.1 Å². The lowest BCUT2D eigenvalue weighted by atomic mass is 9.90. The number of rotatable bonds is 7. The van der Waals surface area contributed by atoms with E-state index in [1.807, 2.05) is 18.7 Å². The molecule has 0 bridgehead atoms. The Morgan fingerprint density at radius 3 is 2.81 bits per heavy atom. The number of anilines is 1. The first-order chi connectivity index (χ1) is 12.9. The fourth-order valence-electron chi connectivity index (χ4n) is 3.51. The minimum atomic E-state index is -0.670. The topological polar surface area (TPSA) is 90.5 Å². The lowest BCUT2D eigenvalue weighted by Gasteiger charge is -2.43. The first-order valence-corrected chi connectivity index (χ1v) is 9.66. The Hall–Kier alpha value is -2.41. The van der Waals surface area contributed by atoms with Gasteiger partial charge in [-0.1, -0.05) is 19.4 Å². The molecule has 3 N–H and O–H groups in total. The molecule has 7 nitrogen and oxygen atoms in total. The van der Waals surface area contributed by atoms with E-state index in [9.17, 15) is 14.4 Å². The average Bonchev–Trinajstić information content (AvgIpc) is 3.44. The summed E-state index contributed by atoms with van der Waals surface area (Å²) in [6.07, 6.45) is 3.62. The van der Waals surface area contributed by atoms with Crippen molar-refractivity contribution in [3.63, 3.8) is 0 Å². The molecule has 1 saturated carbocycles. The summed E-state index contributed by atoms with van der Waals surface area (Å²) < 4.78 is 0. The van der Waals surface area contributed by atoms with Crippen LogP contribution >= 0.6 is 0 Å². The Labute approximate surface area is 159 Å². The number of amides is 3. The molecule has 2 fully saturated rings. The molecule has 3 rings (SSSR count). The summed E-state index contributed by atoms with van der Waals surface area (Å²) >= 11 is 0. The fraction of sp³-hybridized carbons (Fsp3) is 0.550. The van der Waals surface area contributed by atoms with Crippen LogP contribution in [-0.2, 0) is 9.59 Å². The number of piperazine rings is 1. The molecule has 27 heavy (non-hydrogen) atoms. The van der Waals surface area contributed by atoms with E-state index < -0.39 is 5.54 Å². The molecule has 1 aromatic rings. The smallest absolute Gasteiger partial charge is 0.251 e. The molecule has 1 atom stereocenters. The first kappa shape index (κ1) is 19.4. The summed E-state index contributed by atoms with van der Waals surface area (Å²) in [4.78, 5) is 39.0. The number of carbonyl (C=O) groups excluding carboxylic acids is 3. The predicted molar refractivity (Wildman–Crippen MR) is 103 cm³/mol. The number of carbonyl (C=O) groups is 3. The van der Waals surface area contributed by atoms with Crippen LogP contribution in [0.4, 0.5) is 5.69 Å². The van der Waals surface area contributed by atoms with Gasteiger partial charge >= 0.3 is 0 Å². The van der Waals surface area contributed by atoms with Crippen molar-refractivity contribution in [2.24, 2.45) is 0 Å². The second-order valence-corrected chi connectivity index (χ2v) is 7.58. The van der Waals surface area contributed by atoms with E-state index in [4.69, 9.17) is 0 Å². The van der Waals surface area contributed by atoms with E-state index in [2.05, 4.69) is 16.0 Å². The zero-order chi connectivity index (χ0) is 19.4. The molecule has 0 radical (unpaired) electrons. The highest BCUT2D eigenvalue weighted by molar-refractivity contribution is 5.98. The molecule has 1 heterocycles. The Balaban J connectivity index is 1.63. The second kappa shape index (κ2) is 8.08. The SMILES string of the molecule is CCC[C@]1(C)C(=O)NCCN1CC(=O)Nc1cccc(C(=O)NC2CC2)c1. The highest BCUT2D eigenvalue weighted by atomic mass is 16.2. The van der Waals surface area contributed by atoms with Crippen molar-refractivity contribution in [2.75, 3.05) is 25.0 Å². The Morgan fingerprint density at radius 1 is 1.33 bits per heavy atom. The lowest BCUT2D eigenvalue weighted by Crippen LogP contribution is -2.64. The molecule has 146 valence electrons. The number of hydrogen-bond donors (Lipinski definition) is 3. The molecule has 0 spiro atoms. The molecule has 1 aliphatic carbocycles. The first-order valence-electron chi connectivity index (χ1n) is 9.66. The van der Waals surface area contributed by atoms with Crippen molar-refractivity contribution < 1.29 is 14.4 Å². The van der Waals surface area contributed by atoms with E-state index in [1.165, 1.54) is 0 Å². The normalized spacial score (nSPS) is 22.8. The Kier molecular flexibility index (Phi) is 5.79. The van der Waals surface area contributed by atoms with Gasteiger partial charge in [-0.05, 0) is 44.4 Å². The third-order valence-corrected chi connectivity index (χ3v) is 5.25. The van der Waals surface area contributed by atoms with Gasteiger partial charge in [-0.15, -0.1) is 0 Å². The molecular formula is C20H28N4O3. The minimum absolute atomic E-state index is 0.0258. The molecule has 2 aliphatic rings. The number of nitrogens with one attached hydrogen (secondary N) is 3. The summed E-state index contributed by atoms with van der Waals surface area (Å²) in [5.74, 6) is -0.328. The van der Waals surface area contributed by atoms with E-state index in [-0.39, 0.29) is 30.3 Å². The quantitative estimate of drug-likeness (QED) is 0.677. The summed E-state index contributed by atoms with van der Waals surface area (Å²) in [6, 6.07) is 7.23. The maximum absolute atomic E-state index is 12.6. The summed E-state index contributed by atoms with van der Waals surface area (Å²) in [7, 11) is 0. The predicted octanol–water partition coefficient (Wildman–Crippen LogP) is 1.51. The molecule has 1 saturated heterocycles. The van der Waals surface area contributed by atoms with Crippen molar-refractivity contribution in [1.82, 2.24) is 15.5 Å². The van der Waals surface area contributed by atoms with Crippen LogP contribution in [0.25, 0.3) is 0 Å². The largest absolute Gasteiger partial charge is 0.353 e. The van der Waals surface area contributed by atoms with Crippen molar-refractivity contribution in [3.8, 4) is 0 Å². The van der Waals surface area contributed by atoms with Gasteiger partial charge in [0.15, 0.2) is 0 Å². The maximum atomic E-state index is 12.6. The van der Waals surface area contributed by atoms with Gasteiger partial charge in [0.1, 0.15) is 0 Å². The molecule has 0 unspecified atom stereocenters. The van der Waals surface area contributed by atoms with Crippen LogP contribution < -0.4 is 16.0 Å². The van der Waals surface area contributed by atoms with Crippen molar-refractivity contribution >= 4 is 23.4 Å². The van der Waals surface area contributed by atoms with Crippen LogP contribution in [0.3, 0.4) is 0 Å². The van der Waals surface area contributed by atoms with Crippen LogP contribution in [0.1, 0.15) is 49.9 Å². The van der Waals surface area contributed by atoms with Crippen molar-refractivity contribution in [1.29, 1.82) is 0 Å². The van der Waals surface area contributed by atoms with E-state index in [0.29, 0.717) is 30.8 Å². The zero-order valence-corrected chi connectivity index (χ0v) is 16.0. The number of nitrogens with zero attached hydrogens (tertiary/aromatic N) is 1. The van der Waals surface area contributed by atoms with Gasteiger partial charge in [0.2, 0.25) is 11.8 Å². The van der Waals surface area contributed by atoms with Crippen LogP contribution in [-0.4, -0.2) is 53.8 Å². The van der Waals surface area contributed by atoms with Crippen molar-refractivity contribution in [3.05, 3.63) is 29.8 Å². The third kappa shape index (κ3) is 4.66. The number of hydrogen-bond acceptors (Lipinski definition) is 4. The van der Waals surface area contributed by atoms with Crippen LogP contribution in [0.5, 0.6) is 0 Å². The fourth-order valence-corrected chi connectivity index (χ4v) is 3.51. The molecule has 0 aromatic heterocycles. The monoisotopic (exact) mass is 372 g/mol. The zero-order valence-electron chi connectivity index (χ0n) is 16.0. The maximum Gasteiger partial charge on any atom is 0.251 e. The standard InChI is InChI=1S/C20H28N4O3/c1-3-9-20(2)19(27)21-10-11-24(20)13-17(25)22-16-6-4-5-14(12-16)18(26)23-15-7-8-15/h4-6,12,15H,3,7-11,13H2,1-2H3,(H,21,27)(H,22,25)(H,23,26)/t20-/m1/s1. The lowest BCUT2D eigenvalue weighted by molar-refractivity contribution is -0.138. The van der Waals surface area contributed by atoms with Gasteiger partial charge in [0, 0.05) is 30.4 Å². The molecule has 7 heteroatoms. The molecular weight excluding hydrogens is 344 g/mol. The Bertz CT molecular complexity index is 732. The molecule has 1 aliphatic heterocycles. The second-order valence-electron chi connectivity index (χ2n) is 7.58. The van der Waals surface area contributed by atoms with E-state index in [1.54, 1.807) is 24.3 Å². The summed E-state index contributed by atoms with van der Waals surface area (Å²) in [6.45, 7) is 5.24. The summed E-state index contributed by atoms with van der Waals surface area (Å²) in [5, 5.41) is 8.69. The summed E-state index contributed by atoms with van der Waals surface area (Å²) in [5.41, 5.74) is 0.450. The highest BCUT2D eigenvalue weighted by Crippen LogP contribution is 2.24. The van der Waals surface area contributed by atoms with Gasteiger partial charge in [0.25, 0.3) is 5.91 Å².